The molecule has 0 aromatic rings. The summed E-state index contributed by atoms with van der Waals surface area (Å²) in [7, 11) is 1.58. The number of nitrogens with zero attached hydrogens (tertiary/aromatic N) is 1. The zero-order valence-corrected chi connectivity index (χ0v) is 7.82. The van der Waals surface area contributed by atoms with Gasteiger partial charge in [0.25, 0.3) is 0 Å². The van der Waals surface area contributed by atoms with Gasteiger partial charge in [-0.15, -0.1) is 0 Å². The van der Waals surface area contributed by atoms with Crippen LogP contribution in [0.3, 0.4) is 0 Å². The fraction of sp³-hybridized carbons (Fsp3) is 0.875. The molecule has 0 atom stereocenters. The Morgan fingerprint density at radius 3 is 2.23 bits per heavy atom. The van der Waals surface area contributed by atoms with Crippen LogP contribution in [-0.2, 0) is 4.79 Å². The number of rotatable bonds is 5. The van der Waals surface area contributed by atoms with Crippen LogP contribution in [-0.4, -0.2) is 37.0 Å². The molecular weight excluding hydrogens is 183 g/mol. The highest BCUT2D eigenvalue weighted by Gasteiger charge is 2.26. The largest absolute Gasteiger partial charge is 0.390 e. The highest BCUT2D eigenvalue weighted by Crippen LogP contribution is 2.19. The smallest absolute Gasteiger partial charge is 0.306 e. The van der Waals surface area contributed by atoms with Gasteiger partial charge in [0, 0.05) is 19.5 Å². The fourth-order valence-corrected chi connectivity index (χ4v) is 0.778. The van der Waals surface area contributed by atoms with Gasteiger partial charge >= 0.3 is 6.18 Å². The lowest BCUT2D eigenvalue weighted by molar-refractivity contribution is -0.137. The van der Waals surface area contributed by atoms with Crippen molar-refractivity contribution >= 4 is 5.78 Å². The van der Waals surface area contributed by atoms with Crippen LogP contribution in [0.1, 0.15) is 19.8 Å². The summed E-state index contributed by atoms with van der Waals surface area (Å²) in [6.45, 7) is 1.78. The lowest BCUT2D eigenvalue weighted by Crippen LogP contribution is -2.26. The van der Waals surface area contributed by atoms with Crippen LogP contribution in [0.4, 0.5) is 13.2 Å². The van der Waals surface area contributed by atoms with Crippen molar-refractivity contribution in [3.63, 3.8) is 0 Å². The van der Waals surface area contributed by atoms with Gasteiger partial charge in [0.05, 0.1) is 6.42 Å². The number of ketones is 1. The fourth-order valence-electron chi connectivity index (χ4n) is 0.778. The first kappa shape index (κ1) is 12.4. The van der Waals surface area contributed by atoms with Crippen molar-refractivity contribution < 1.29 is 18.0 Å². The minimum absolute atomic E-state index is 0.00106. The van der Waals surface area contributed by atoms with E-state index in [0.717, 1.165) is 0 Å². The lowest BCUT2D eigenvalue weighted by Gasteiger charge is -2.16. The minimum Gasteiger partial charge on any atom is -0.306 e. The van der Waals surface area contributed by atoms with Gasteiger partial charge in [0.1, 0.15) is 5.78 Å². The number of hydrogen-bond acceptors (Lipinski definition) is 2. The Morgan fingerprint density at radius 1 is 1.31 bits per heavy atom. The average Bonchev–Trinajstić information content (AvgIpc) is 1.95. The SMILES string of the molecule is CC(=O)CCN(C)CCC(F)(F)F. The first-order valence-corrected chi connectivity index (χ1v) is 4.06. The van der Waals surface area contributed by atoms with Gasteiger partial charge in [-0.2, -0.15) is 13.2 Å². The van der Waals surface area contributed by atoms with E-state index < -0.39 is 12.6 Å². The molecular formula is C8H14F3NO. The van der Waals surface area contributed by atoms with Gasteiger partial charge in [0.15, 0.2) is 0 Å². The van der Waals surface area contributed by atoms with Gasteiger partial charge in [0.2, 0.25) is 0 Å². The van der Waals surface area contributed by atoms with E-state index in [0.29, 0.717) is 13.0 Å². The minimum atomic E-state index is -4.11. The Morgan fingerprint density at radius 2 is 1.85 bits per heavy atom. The van der Waals surface area contributed by atoms with E-state index in [9.17, 15) is 18.0 Å². The normalized spacial score (nSPS) is 12.2. The molecule has 2 nitrogen and oxygen atoms in total. The molecule has 0 rings (SSSR count). The molecule has 0 bridgehead atoms. The molecule has 0 unspecified atom stereocenters. The van der Waals surface area contributed by atoms with Crippen LogP contribution in [0.15, 0.2) is 0 Å². The third-order valence-electron chi connectivity index (χ3n) is 1.62. The molecule has 0 aliphatic rings. The van der Waals surface area contributed by atoms with E-state index in [1.54, 1.807) is 7.05 Å². The Hall–Kier alpha value is -0.580. The number of halogens is 3. The van der Waals surface area contributed by atoms with Crippen LogP contribution < -0.4 is 0 Å². The highest BCUT2D eigenvalue weighted by molar-refractivity contribution is 5.75. The van der Waals surface area contributed by atoms with E-state index in [-0.39, 0.29) is 12.3 Å². The second-order valence-electron chi connectivity index (χ2n) is 3.12. The molecule has 0 aliphatic heterocycles. The molecule has 78 valence electrons. The summed E-state index contributed by atoms with van der Waals surface area (Å²) >= 11 is 0. The van der Waals surface area contributed by atoms with Crippen molar-refractivity contribution in [1.82, 2.24) is 4.90 Å². The molecule has 0 N–H and O–H groups in total. The summed E-state index contributed by atoms with van der Waals surface area (Å²) in [6, 6.07) is 0. The van der Waals surface area contributed by atoms with Crippen LogP contribution in [0.25, 0.3) is 0 Å². The van der Waals surface area contributed by atoms with Gasteiger partial charge in [-0.1, -0.05) is 0 Å². The molecule has 0 aromatic heterocycles. The summed E-state index contributed by atoms with van der Waals surface area (Å²) in [4.78, 5) is 12.0. The lowest BCUT2D eigenvalue weighted by atomic mass is 10.3. The van der Waals surface area contributed by atoms with Crippen LogP contribution in [0.2, 0.25) is 0 Å². The van der Waals surface area contributed by atoms with E-state index >= 15 is 0 Å². The molecule has 13 heavy (non-hydrogen) atoms. The summed E-state index contributed by atoms with van der Waals surface area (Å²) in [6.07, 6.45) is -4.61. The summed E-state index contributed by atoms with van der Waals surface area (Å²) < 4.78 is 35.2. The standard InChI is InChI=1S/C8H14F3NO/c1-7(13)3-5-12(2)6-4-8(9,10)11/h3-6H2,1-2H3. The van der Waals surface area contributed by atoms with E-state index in [1.807, 2.05) is 0 Å². The van der Waals surface area contributed by atoms with Crippen LogP contribution >= 0.6 is 0 Å². The van der Waals surface area contributed by atoms with Crippen molar-refractivity contribution in [3.05, 3.63) is 0 Å². The first-order valence-electron chi connectivity index (χ1n) is 4.06. The molecule has 0 aliphatic carbocycles. The third-order valence-corrected chi connectivity index (χ3v) is 1.62. The predicted octanol–water partition coefficient (Wildman–Crippen LogP) is 1.85. The average molecular weight is 197 g/mol. The molecule has 0 spiro atoms. The first-order chi connectivity index (χ1) is 5.81. The zero-order valence-electron chi connectivity index (χ0n) is 7.82. The number of alkyl halides is 3. The molecule has 0 heterocycles. The van der Waals surface area contributed by atoms with Crippen molar-refractivity contribution in [3.8, 4) is 0 Å². The molecule has 0 saturated heterocycles. The Balaban J connectivity index is 3.52. The van der Waals surface area contributed by atoms with Crippen molar-refractivity contribution in [2.75, 3.05) is 20.1 Å². The molecule has 0 amide bonds. The molecule has 0 fully saturated rings. The number of Topliss-reactive ketones (excluding diaryl/α,β-unsaturated/α-hetero) is 1. The second kappa shape index (κ2) is 5.21. The Labute approximate surface area is 75.7 Å². The summed E-state index contributed by atoms with van der Waals surface area (Å²) in [5.74, 6) is -0.00106. The number of carbonyl (C=O) groups excluding carboxylic acids is 1. The van der Waals surface area contributed by atoms with Crippen LogP contribution in [0.5, 0.6) is 0 Å². The number of carbonyl (C=O) groups is 1. The zero-order chi connectivity index (χ0) is 10.5. The van der Waals surface area contributed by atoms with Gasteiger partial charge in [-0.3, -0.25) is 4.79 Å². The molecule has 0 saturated carbocycles. The van der Waals surface area contributed by atoms with E-state index in [2.05, 4.69) is 0 Å². The Bertz CT molecular complexity index is 167. The second-order valence-corrected chi connectivity index (χ2v) is 3.12. The number of hydrogen-bond donors (Lipinski definition) is 0. The quantitative estimate of drug-likeness (QED) is 0.670. The van der Waals surface area contributed by atoms with Crippen molar-refractivity contribution in [1.29, 1.82) is 0 Å². The summed E-state index contributed by atoms with van der Waals surface area (Å²) in [5.41, 5.74) is 0. The Kier molecular flexibility index (Phi) is 4.98. The van der Waals surface area contributed by atoms with Crippen molar-refractivity contribution in [2.45, 2.75) is 25.9 Å². The maximum atomic E-state index is 11.7. The van der Waals surface area contributed by atoms with Gasteiger partial charge in [-0.05, 0) is 14.0 Å². The summed E-state index contributed by atoms with van der Waals surface area (Å²) in [5, 5.41) is 0. The topological polar surface area (TPSA) is 20.3 Å². The van der Waals surface area contributed by atoms with Gasteiger partial charge < -0.3 is 4.90 Å². The maximum Gasteiger partial charge on any atom is 0.390 e. The monoisotopic (exact) mass is 197 g/mol. The van der Waals surface area contributed by atoms with Crippen molar-refractivity contribution in [2.24, 2.45) is 0 Å². The predicted molar refractivity (Wildman–Crippen MR) is 43.5 cm³/mol. The molecule has 0 radical (unpaired) electrons. The third kappa shape index (κ3) is 9.33. The molecule has 5 heteroatoms. The maximum absolute atomic E-state index is 11.7. The highest BCUT2D eigenvalue weighted by atomic mass is 19.4. The van der Waals surface area contributed by atoms with Gasteiger partial charge in [-0.25, -0.2) is 0 Å². The molecule has 0 aromatic carbocycles. The van der Waals surface area contributed by atoms with E-state index in [4.69, 9.17) is 0 Å². The van der Waals surface area contributed by atoms with Crippen LogP contribution in [0, 0.1) is 0 Å². The van der Waals surface area contributed by atoms with E-state index in [1.165, 1.54) is 11.8 Å².